The van der Waals surface area contributed by atoms with E-state index in [9.17, 15) is 18.3 Å². The fraction of sp³-hybridized carbons (Fsp3) is 0.421. The number of hydrogen-bond donors (Lipinski definition) is 3. The zero-order valence-electron chi connectivity index (χ0n) is 16.1. The SMILES string of the molecule is O=C(N[C@@H]1CC[C@H](CCNS(=O)(=O)c2ccc(Cl)cc2)O[C@H]1CO)c1cnccn1. The molecule has 0 aliphatic carbocycles. The molecule has 3 N–H and O–H groups in total. The molecule has 0 unspecified atom stereocenters. The summed E-state index contributed by atoms with van der Waals surface area (Å²) < 4.78 is 33.1. The number of carbonyl (C=O) groups excluding carboxylic acids is 1. The van der Waals surface area contributed by atoms with Crippen LogP contribution in [0.5, 0.6) is 0 Å². The molecular weight excluding hydrogens is 432 g/mol. The molecule has 0 radical (unpaired) electrons. The van der Waals surface area contributed by atoms with Crippen LogP contribution in [0.25, 0.3) is 0 Å². The molecule has 1 aromatic carbocycles. The number of ether oxygens (including phenoxy) is 1. The quantitative estimate of drug-likeness (QED) is 0.545. The number of hydrogen-bond acceptors (Lipinski definition) is 7. The zero-order valence-corrected chi connectivity index (χ0v) is 17.6. The molecule has 30 heavy (non-hydrogen) atoms. The molecule has 1 saturated heterocycles. The smallest absolute Gasteiger partial charge is 0.271 e. The van der Waals surface area contributed by atoms with Crippen LogP contribution in [0.1, 0.15) is 29.8 Å². The first kappa shape index (κ1) is 22.6. The first-order chi connectivity index (χ1) is 14.4. The Hall–Kier alpha value is -2.11. The van der Waals surface area contributed by atoms with Crippen LogP contribution in [0.15, 0.2) is 47.8 Å². The first-order valence-electron chi connectivity index (χ1n) is 9.47. The second-order valence-corrected chi connectivity index (χ2v) is 9.07. The number of halogens is 1. The van der Waals surface area contributed by atoms with Gasteiger partial charge in [0.15, 0.2) is 0 Å². The van der Waals surface area contributed by atoms with Crippen LogP contribution in [0.3, 0.4) is 0 Å². The number of amides is 1. The summed E-state index contributed by atoms with van der Waals surface area (Å²) in [6.07, 6.45) is 5.09. The molecule has 0 spiro atoms. The van der Waals surface area contributed by atoms with E-state index in [1.54, 1.807) is 0 Å². The van der Waals surface area contributed by atoms with Gasteiger partial charge in [0.1, 0.15) is 11.8 Å². The lowest BCUT2D eigenvalue weighted by Crippen LogP contribution is -2.51. The minimum absolute atomic E-state index is 0.136. The molecule has 1 aliphatic heterocycles. The average molecular weight is 455 g/mol. The van der Waals surface area contributed by atoms with Gasteiger partial charge in [-0.2, -0.15) is 0 Å². The van der Waals surface area contributed by atoms with E-state index >= 15 is 0 Å². The van der Waals surface area contributed by atoms with E-state index in [1.165, 1.54) is 42.9 Å². The zero-order chi connectivity index (χ0) is 21.6. The lowest BCUT2D eigenvalue weighted by molar-refractivity contribution is -0.0891. The van der Waals surface area contributed by atoms with Crippen molar-refractivity contribution in [2.24, 2.45) is 0 Å². The molecular formula is C19H23ClN4O5S. The van der Waals surface area contributed by atoms with E-state index in [2.05, 4.69) is 20.0 Å². The van der Waals surface area contributed by atoms with Crippen molar-refractivity contribution < 1.29 is 23.1 Å². The Morgan fingerprint density at radius 3 is 2.67 bits per heavy atom. The summed E-state index contributed by atoms with van der Waals surface area (Å²) in [5.74, 6) is -0.385. The highest BCUT2D eigenvalue weighted by Crippen LogP contribution is 2.22. The Balaban J connectivity index is 1.49. The molecule has 9 nitrogen and oxygen atoms in total. The van der Waals surface area contributed by atoms with Crippen LogP contribution in [0, 0.1) is 0 Å². The summed E-state index contributed by atoms with van der Waals surface area (Å²) in [6, 6.07) is 5.54. The van der Waals surface area contributed by atoms with Crippen LogP contribution in [0.2, 0.25) is 5.02 Å². The van der Waals surface area contributed by atoms with Crippen molar-refractivity contribution in [2.75, 3.05) is 13.2 Å². The van der Waals surface area contributed by atoms with Crippen molar-refractivity contribution in [3.8, 4) is 0 Å². The lowest BCUT2D eigenvalue weighted by Gasteiger charge is -2.36. The normalized spacial score (nSPS) is 21.9. The lowest BCUT2D eigenvalue weighted by atomic mass is 9.97. The number of aromatic nitrogens is 2. The van der Waals surface area contributed by atoms with Crippen molar-refractivity contribution in [1.29, 1.82) is 0 Å². The van der Waals surface area contributed by atoms with Crippen molar-refractivity contribution >= 4 is 27.5 Å². The molecule has 11 heteroatoms. The minimum atomic E-state index is -3.64. The minimum Gasteiger partial charge on any atom is -0.394 e. The van der Waals surface area contributed by atoms with Gasteiger partial charge in [0.25, 0.3) is 5.91 Å². The predicted octanol–water partition coefficient (Wildman–Crippen LogP) is 1.14. The third-order valence-electron chi connectivity index (χ3n) is 4.79. The number of aliphatic hydroxyl groups is 1. The van der Waals surface area contributed by atoms with E-state index in [-0.39, 0.29) is 41.8 Å². The standard InChI is InChI=1S/C19H23ClN4O5S/c20-13-1-4-15(5-2-13)30(27,28)23-8-7-14-3-6-16(18(12-25)29-14)24-19(26)17-11-21-9-10-22-17/h1-2,4-5,9-11,14,16,18,23,25H,3,6-8,12H2,(H,24,26)/t14-,16-,18+/m1/s1. The topological polar surface area (TPSA) is 131 Å². The van der Waals surface area contributed by atoms with Gasteiger partial charge < -0.3 is 15.2 Å². The second kappa shape index (κ2) is 10.3. The largest absolute Gasteiger partial charge is 0.394 e. The van der Waals surface area contributed by atoms with Gasteiger partial charge in [-0.3, -0.25) is 9.78 Å². The van der Waals surface area contributed by atoms with Crippen LogP contribution < -0.4 is 10.0 Å². The highest BCUT2D eigenvalue weighted by molar-refractivity contribution is 7.89. The summed E-state index contributed by atoms with van der Waals surface area (Å²) in [5.41, 5.74) is 0.188. The summed E-state index contributed by atoms with van der Waals surface area (Å²) in [4.78, 5) is 20.2. The van der Waals surface area contributed by atoms with Gasteiger partial charge in [-0.05, 0) is 43.5 Å². The van der Waals surface area contributed by atoms with Crippen LogP contribution in [-0.4, -0.2) is 60.8 Å². The number of sulfonamides is 1. The summed E-state index contributed by atoms with van der Waals surface area (Å²) in [7, 11) is -3.64. The number of benzene rings is 1. The number of nitrogens with zero attached hydrogens (tertiary/aromatic N) is 2. The molecule has 2 aromatic rings. The van der Waals surface area contributed by atoms with Gasteiger partial charge >= 0.3 is 0 Å². The Morgan fingerprint density at radius 2 is 2.00 bits per heavy atom. The molecule has 1 aliphatic rings. The molecule has 3 rings (SSSR count). The Morgan fingerprint density at radius 1 is 1.23 bits per heavy atom. The molecule has 1 amide bonds. The summed E-state index contributed by atoms with van der Waals surface area (Å²) in [6.45, 7) is -0.0805. The fourth-order valence-corrected chi connectivity index (χ4v) is 4.39. The van der Waals surface area contributed by atoms with Crippen LogP contribution in [-0.2, 0) is 14.8 Å². The fourth-order valence-electron chi connectivity index (χ4n) is 3.22. The molecule has 2 heterocycles. The van der Waals surface area contributed by atoms with E-state index in [0.29, 0.717) is 24.3 Å². The maximum atomic E-state index is 12.3. The van der Waals surface area contributed by atoms with Gasteiger partial charge in [0, 0.05) is 24.0 Å². The average Bonchev–Trinajstić information content (AvgIpc) is 2.75. The van der Waals surface area contributed by atoms with Gasteiger partial charge in [0.2, 0.25) is 10.0 Å². The van der Waals surface area contributed by atoms with Crippen molar-refractivity contribution in [3.63, 3.8) is 0 Å². The predicted molar refractivity (Wildman–Crippen MR) is 110 cm³/mol. The monoisotopic (exact) mass is 454 g/mol. The Kier molecular flexibility index (Phi) is 7.73. The van der Waals surface area contributed by atoms with Gasteiger partial charge in [-0.25, -0.2) is 18.1 Å². The van der Waals surface area contributed by atoms with Crippen LogP contribution in [0.4, 0.5) is 0 Å². The van der Waals surface area contributed by atoms with Gasteiger partial charge in [-0.1, -0.05) is 11.6 Å². The highest BCUT2D eigenvalue weighted by atomic mass is 35.5. The van der Waals surface area contributed by atoms with Crippen LogP contribution >= 0.6 is 11.6 Å². The molecule has 3 atom stereocenters. The molecule has 162 valence electrons. The highest BCUT2D eigenvalue weighted by Gasteiger charge is 2.32. The van der Waals surface area contributed by atoms with Crippen molar-refractivity contribution in [3.05, 3.63) is 53.6 Å². The maximum Gasteiger partial charge on any atom is 0.271 e. The second-order valence-electron chi connectivity index (χ2n) is 6.87. The number of rotatable bonds is 8. The van der Waals surface area contributed by atoms with Crippen molar-refractivity contribution in [2.45, 2.75) is 42.4 Å². The van der Waals surface area contributed by atoms with E-state index < -0.39 is 16.1 Å². The third kappa shape index (κ3) is 5.96. The summed E-state index contributed by atoms with van der Waals surface area (Å²) in [5, 5.41) is 12.9. The Labute approximate surface area is 179 Å². The van der Waals surface area contributed by atoms with E-state index in [1.807, 2.05) is 0 Å². The van der Waals surface area contributed by atoms with Crippen molar-refractivity contribution in [1.82, 2.24) is 20.0 Å². The van der Waals surface area contributed by atoms with E-state index in [4.69, 9.17) is 16.3 Å². The Bertz CT molecular complexity index is 943. The first-order valence-corrected chi connectivity index (χ1v) is 11.3. The molecule has 0 bridgehead atoms. The number of carbonyl (C=O) groups is 1. The maximum absolute atomic E-state index is 12.3. The van der Waals surface area contributed by atoms with Gasteiger partial charge in [-0.15, -0.1) is 0 Å². The molecule has 0 saturated carbocycles. The third-order valence-corrected chi connectivity index (χ3v) is 6.52. The molecule has 1 aromatic heterocycles. The van der Waals surface area contributed by atoms with E-state index in [0.717, 1.165) is 0 Å². The molecule has 1 fully saturated rings. The summed E-state index contributed by atoms with van der Waals surface area (Å²) >= 11 is 5.79. The number of nitrogens with one attached hydrogen (secondary N) is 2. The number of aliphatic hydroxyl groups excluding tert-OH is 1. The van der Waals surface area contributed by atoms with Gasteiger partial charge in [0.05, 0.1) is 29.8 Å².